The van der Waals surface area contributed by atoms with Crippen LogP contribution in [-0.4, -0.2) is 53.3 Å². The van der Waals surface area contributed by atoms with E-state index in [-0.39, 0.29) is 17.2 Å². The quantitative estimate of drug-likeness (QED) is 0.871. The second-order valence-corrected chi connectivity index (χ2v) is 8.10. The van der Waals surface area contributed by atoms with Crippen molar-refractivity contribution in [3.8, 4) is 11.3 Å². The van der Waals surface area contributed by atoms with Gasteiger partial charge in [0, 0.05) is 44.2 Å². The zero-order valence-electron chi connectivity index (χ0n) is 16.2. The van der Waals surface area contributed by atoms with Crippen LogP contribution < -0.4 is 5.73 Å². The molecular weight excluding hydrogens is 352 g/mol. The third-order valence-electron chi connectivity index (χ3n) is 6.17. The Morgan fingerprint density at radius 3 is 2.61 bits per heavy atom. The molecule has 1 aromatic carbocycles. The van der Waals surface area contributed by atoms with Crippen LogP contribution in [-0.2, 0) is 4.79 Å². The topological polar surface area (TPSA) is 79.5 Å². The van der Waals surface area contributed by atoms with Crippen LogP contribution in [0.2, 0.25) is 0 Å². The fraction of sp³-hybridized carbons (Fsp3) is 0.409. The second-order valence-electron chi connectivity index (χ2n) is 8.10. The van der Waals surface area contributed by atoms with Crippen LogP contribution in [0, 0.1) is 5.41 Å². The zero-order chi connectivity index (χ0) is 19.7. The van der Waals surface area contributed by atoms with E-state index in [0.29, 0.717) is 17.7 Å². The number of carbonyl (C=O) groups is 2. The van der Waals surface area contributed by atoms with E-state index in [2.05, 4.69) is 4.98 Å². The highest BCUT2D eigenvalue weighted by molar-refractivity contribution is 5.95. The maximum absolute atomic E-state index is 13.0. The number of carbonyl (C=O) groups excluding carboxylic acids is 2. The Kier molecular flexibility index (Phi) is 4.79. The summed E-state index contributed by atoms with van der Waals surface area (Å²) in [5, 5.41) is 0. The number of rotatable bonds is 2. The molecule has 1 spiro atoms. The van der Waals surface area contributed by atoms with Crippen molar-refractivity contribution < 1.29 is 9.59 Å². The number of amides is 2. The molecule has 2 saturated heterocycles. The lowest BCUT2D eigenvalue weighted by Gasteiger charge is -2.46. The minimum atomic E-state index is 0.0624. The number of piperidine rings is 2. The highest BCUT2D eigenvalue weighted by Crippen LogP contribution is 2.40. The number of hydrogen-bond donors (Lipinski definition) is 1. The van der Waals surface area contributed by atoms with E-state index in [1.807, 2.05) is 53.2 Å². The number of nitrogens with zero attached hydrogens (tertiary/aromatic N) is 3. The van der Waals surface area contributed by atoms with Gasteiger partial charge in [0.2, 0.25) is 5.91 Å². The van der Waals surface area contributed by atoms with Crippen molar-refractivity contribution in [3.05, 3.63) is 48.2 Å². The van der Waals surface area contributed by atoms with Crippen molar-refractivity contribution in [2.75, 3.05) is 32.4 Å². The zero-order valence-corrected chi connectivity index (χ0v) is 16.2. The summed E-state index contributed by atoms with van der Waals surface area (Å²) < 4.78 is 0. The van der Waals surface area contributed by atoms with Crippen molar-refractivity contribution in [1.29, 1.82) is 0 Å². The predicted octanol–water partition coefficient (Wildman–Crippen LogP) is 2.81. The van der Waals surface area contributed by atoms with Gasteiger partial charge in [-0.15, -0.1) is 0 Å². The maximum Gasteiger partial charge on any atom is 0.253 e. The molecule has 3 heterocycles. The van der Waals surface area contributed by atoms with Crippen LogP contribution in [0.3, 0.4) is 0 Å². The Morgan fingerprint density at radius 2 is 1.93 bits per heavy atom. The molecule has 2 amide bonds. The van der Waals surface area contributed by atoms with Gasteiger partial charge in [0.25, 0.3) is 5.91 Å². The number of nitrogen functional groups attached to an aromatic ring is 1. The van der Waals surface area contributed by atoms with Crippen LogP contribution in [0.1, 0.15) is 36.0 Å². The molecule has 0 unspecified atom stereocenters. The molecule has 1 aromatic heterocycles. The van der Waals surface area contributed by atoms with Crippen LogP contribution in [0.25, 0.3) is 11.3 Å². The monoisotopic (exact) mass is 378 g/mol. The highest BCUT2D eigenvalue weighted by Gasteiger charge is 2.40. The number of anilines is 1. The van der Waals surface area contributed by atoms with Gasteiger partial charge >= 0.3 is 0 Å². The molecule has 0 aliphatic carbocycles. The summed E-state index contributed by atoms with van der Waals surface area (Å²) in [5.74, 6) is 0.296. The minimum absolute atomic E-state index is 0.0624. The molecular formula is C22H26N4O2. The Morgan fingerprint density at radius 1 is 1.14 bits per heavy atom. The lowest BCUT2D eigenvalue weighted by atomic mass is 9.72. The van der Waals surface area contributed by atoms with Gasteiger partial charge in [-0.3, -0.25) is 14.6 Å². The Balaban J connectivity index is 1.45. The molecule has 4 rings (SSSR count). The van der Waals surface area contributed by atoms with Crippen molar-refractivity contribution in [1.82, 2.24) is 14.8 Å². The normalized spacial score (nSPS) is 19.1. The summed E-state index contributed by atoms with van der Waals surface area (Å²) in [5.41, 5.74) is 8.90. The maximum atomic E-state index is 13.0. The van der Waals surface area contributed by atoms with Crippen LogP contribution in [0.15, 0.2) is 42.6 Å². The number of pyridine rings is 1. The molecule has 2 N–H and O–H groups in total. The van der Waals surface area contributed by atoms with Crippen molar-refractivity contribution in [2.45, 2.75) is 25.7 Å². The standard InChI is InChI=1S/C22H26N4O2/c1-25-15-22(8-7-20(25)27)9-11-26(12-10-22)21(28)17-4-2-3-16(13-17)19-6-5-18(23)14-24-19/h2-6,13-14H,7-12,15,23H2,1H3. The molecule has 0 bridgehead atoms. The smallest absolute Gasteiger partial charge is 0.253 e. The van der Waals surface area contributed by atoms with Crippen molar-refractivity contribution in [2.24, 2.45) is 5.41 Å². The highest BCUT2D eigenvalue weighted by atomic mass is 16.2. The first-order valence-corrected chi connectivity index (χ1v) is 9.81. The van der Waals surface area contributed by atoms with Gasteiger partial charge < -0.3 is 15.5 Å². The second kappa shape index (κ2) is 7.26. The number of aromatic nitrogens is 1. The molecule has 2 aliphatic heterocycles. The molecule has 6 heteroatoms. The largest absolute Gasteiger partial charge is 0.397 e. The Labute approximate surface area is 165 Å². The molecule has 146 valence electrons. The third-order valence-corrected chi connectivity index (χ3v) is 6.17. The average Bonchev–Trinajstić information content (AvgIpc) is 2.72. The third kappa shape index (κ3) is 3.59. The van der Waals surface area contributed by atoms with Crippen molar-refractivity contribution >= 4 is 17.5 Å². The van der Waals surface area contributed by atoms with Crippen LogP contribution in [0.5, 0.6) is 0 Å². The lowest BCUT2D eigenvalue weighted by Crippen LogP contribution is -2.51. The molecule has 2 fully saturated rings. The molecule has 0 atom stereocenters. The number of benzene rings is 1. The van der Waals surface area contributed by atoms with Crippen LogP contribution in [0.4, 0.5) is 5.69 Å². The molecule has 6 nitrogen and oxygen atoms in total. The van der Waals surface area contributed by atoms with Crippen molar-refractivity contribution in [3.63, 3.8) is 0 Å². The summed E-state index contributed by atoms with van der Waals surface area (Å²) >= 11 is 0. The number of likely N-dealkylation sites (tertiary alicyclic amines) is 2. The summed E-state index contributed by atoms with van der Waals surface area (Å²) in [6, 6.07) is 11.3. The van der Waals surface area contributed by atoms with Gasteiger partial charge in [-0.1, -0.05) is 12.1 Å². The van der Waals surface area contributed by atoms with Gasteiger partial charge in [0.1, 0.15) is 0 Å². The van der Waals surface area contributed by atoms with E-state index >= 15 is 0 Å². The Bertz CT molecular complexity index is 886. The van der Waals surface area contributed by atoms with Gasteiger partial charge in [-0.2, -0.15) is 0 Å². The first-order chi connectivity index (χ1) is 13.5. The SMILES string of the molecule is CN1CC2(CCC1=O)CCN(C(=O)c1cccc(-c3ccc(N)cn3)c1)CC2. The van der Waals surface area contributed by atoms with E-state index in [1.165, 1.54) is 0 Å². The fourth-order valence-electron chi connectivity index (χ4n) is 4.40. The van der Waals surface area contributed by atoms with E-state index in [0.717, 1.165) is 50.2 Å². The summed E-state index contributed by atoms with van der Waals surface area (Å²) in [6.07, 6.45) is 5.10. The lowest BCUT2D eigenvalue weighted by molar-refractivity contribution is -0.137. The van der Waals surface area contributed by atoms with E-state index in [4.69, 9.17) is 5.73 Å². The van der Waals surface area contributed by atoms with E-state index in [9.17, 15) is 9.59 Å². The van der Waals surface area contributed by atoms with Gasteiger partial charge in [0.15, 0.2) is 0 Å². The molecule has 28 heavy (non-hydrogen) atoms. The summed E-state index contributed by atoms with van der Waals surface area (Å²) in [4.78, 5) is 33.0. The molecule has 0 radical (unpaired) electrons. The van der Waals surface area contributed by atoms with Gasteiger partial charge in [-0.25, -0.2) is 0 Å². The summed E-state index contributed by atoms with van der Waals surface area (Å²) in [7, 11) is 1.89. The molecule has 2 aliphatic rings. The molecule has 0 saturated carbocycles. The van der Waals surface area contributed by atoms with Gasteiger partial charge in [-0.05, 0) is 48.9 Å². The van der Waals surface area contributed by atoms with Gasteiger partial charge in [0.05, 0.1) is 17.6 Å². The minimum Gasteiger partial charge on any atom is -0.397 e. The van der Waals surface area contributed by atoms with E-state index in [1.54, 1.807) is 6.20 Å². The van der Waals surface area contributed by atoms with E-state index < -0.39 is 0 Å². The first-order valence-electron chi connectivity index (χ1n) is 9.81. The Hall–Kier alpha value is -2.89. The number of nitrogens with two attached hydrogens (primary N) is 1. The average molecular weight is 378 g/mol. The predicted molar refractivity (Wildman–Crippen MR) is 109 cm³/mol. The molecule has 2 aromatic rings. The fourth-order valence-corrected chi connectivity index (χ4v) is 4.40. The number of hydrogen-bond acceptors (Lipinski definition) is 4. The summed E-state index contributed by atoms with van der Waals surface area (Å²) in [6.45, 7) is 2.29. The van der Waals surface area contributed by atoms with Crippen LogP contribution >= 0.6 is 0 Å². The first kappa shape index (κ1) is 18.5.